The zero-order valence-corrected chi connectivity index (χ0v) is 45.9. The molecule has 0 saturated heterocycles. The van der Waals surface area contributed by atoms with Crippen molar-refractivity contribution in [2.45, 2.75) is 136 Å². The molecule has 0 fully saturated rings. The first-order valence-electron chi connectivity index (χ1n) is 27.5. The molecule has 0 spiro atoms. The molecule has 13 nitrogen and oxygen atoms in total. The molecule has 4 amide bonds. The third kappa shape index (κ3) is 15.6. The minimum absolute atomic E-state index is 0.00966. The highest BCUT2D eigenvalue weighted by molar-refractivity contribution is 6.04. The number of alkyl halides is 6. The molecule has 6 rings (SSSR count). The fraction of sp³-hybridized carbons (Fsp3) is 0.467. The minimum atomic E-state index is -4.65. The summed E-state index contributed by atoms with van der Waals surface area (Å²) in [5.41, 5.74) is 13.1. The van der Waals surface area contributed by atoms with Crippen LogP contribution < -0.4 is 21.3 Å². The highest BCUT2D eigenvalue weighted by atomic mass is 19.4. The van der Waals surface area contributed by atoms with Crippen molar-refractivity contribution in [2.75, 3.05) is 67.2 Å². The van der Waals surface area contributed by atoms with E-state index in [-0.39, 0.29) is 60.2 Å². The van der Waals surface area contributed by atoms with Gasteiger partial charge in [-0.25, -0.2) is 19.2 Å². The van der Waals surface area contributed by atoms with Gasteiger partial charge in [0.15, 0.2) is 0 Å². The van der Waals surface area contributed by atoms with Crippen molar-refractivity contribution >= 4 is 46.8 Å². The second-order valence-corrected chi connectivity index (χ2v) is 20.0. The maximum Gasteiger partial charge on any atom is 0.416 e. The molecule has 19 heteroatoms. The predicted molar refractivity (Wildman–Crippen MR) is 295 cm³/mol. The number of amides is 4. The third-order valence-corrected chi connectivity index (χ3v) is 14.5. The molecule has 4 aromatic rings. The Kier molecular flexibility index (Phi) is 21.9. The third-order valence-electron chi connectivity index (χ3n) is 14.5. The van der Waals surface area contributed by atoms with Gasteiger partial charge in [0.2, 0.25) is 0 Å². The number of nitrogen functional groups attached to an aromatic ring is 2. The number of halogens is 6. The average Bonchev–Trinajstić information content (AvgIpc) is 3.42. The second-order valence-electron chi connectivity index (χ2n) is 20.0. The van der Waals surface area contributed by atoms with E-state index in [2.05, 4.69) is 11.8 Å². The summed E-state index contributed by atoms with van der Waals surface area (Å²) >= 11 is 0. The minimum Gasteiger partial charge on any atom is -0.463 e. The van der Waals surface area contributed by atoms with Crippen LogP contribution in [0.2, 0.25) is 0 Å². The van der Waals surface area contributed by atoms with E-state index in [1.54, 1.807) is 86.0 Å². The lowest BCUT2D eigenvalue weighted by molar-refractivity contribution is -0.140. The van der Waals surface area contributed by atoms with Crippen LogP contribution >= 0.6 is 0 Å². The van der Waals surface area contributed by atoms with E-state index >= 15 is 0 Å². The molecule has 0 aliphatic carbocycles. The number of carbonyl (C=O) groups excluding carboxylic acids is 4. The second kappa shape index (κ2) is 28.2. The van der Waals surface area contributed by atoms with E-state index in [9.17, 15) is 45.5 Å². The van der Waals surface area contributed by atoms with Gasteiger partial charge < -0.3 is 35.6 Å². The molecule has 428 valence electrons. The Morgan fingerprint density at radius 2 is 0.861 bits per heavy atom. The van der Waals surface area contributed by atoms with Crippen LogP contribution in [0, 0.1) is 0 Å². The predicted octanol–water partition coefficient (Wildman–Crippen LogP) is 14.2. The van der Waals surface area contributed by atoms with Crippen molar-refractivity contribution in [3.63, 3.8) is 0 Å². The molecular formula is C60H75F6N7O6. The van der Waals surface area contributed by atoms with Crippen LogP contribution in [0.3, 0.4) is 0 Å². The molecule has 79 heavy (non-hydrogen) atoms. The first-order chi connectivity index (χ1) is 37.7. The van der Waals surface area contributed by atoms with Gasteiger partial charge in [0.25, 0.3) is 0 Å². The lowest BCUT2D eigenvalue weighted by atomic mass is 9.92. The van der Waals surface area contributed by atoms with Gasteiger partial charge in [0.1, 0.15) is 0 Å². The van der Waals surface area contributed by atoms with Gasteiger partial charge in [-0.05, 0) is 145 Å². The number of ether oxygens (including phenoxy) is 2. The Bertz CT molecular complexity index is 2580. The number of benzene rings is 4. The molecular weight excluding hydrogens is 1030 g/mol. The molecule has 2 aliphatic rings. The number of esters is 2. The number of rotatable bonds is 27. The molecule has 4 N–H and O–H groups in total. The highest BCUT2D eigenvalue weighted by Gasteiger charge is 2.45. The van der Waals surface area contributed by atoms with Gasteiger partial charge in [0, 0.05) is 35.9 Å². The number of allylic oxidation sites excluding steroid dienone is 2. The Morgan fingerprint density at radius 3 is 1.19 bits per heavy atom. The van der Waals surface area contributed by atoms with E-state index in [0.717, 1.165) is 108 Å². The SMILES string of the molecule is CCOC(=O)C1=C(C)N(c2cccc(C(F)(F)F)c2)C(=O)N(CCCCCCCCN(CC)CCCCCCCCN2C(=O)N(c3cccc(C(F)(F)F)c3)C(C)=C(C(=O)OCC)[C@H]2c2ccc(N)cc2)[C@@H]1c1ccc(N)cc1. The van der Waals surface area contributed by atoms with Crippen molar-refractivity contribution in [1.82, 2.24) is 14.7 Å². The summed E-state index contributed by atoms with van der Waals surface area (Å²) in [5.74, 6) is -1.33. The van der Waals surface area contributed by atoms with Crippen LogP contribution in [0.4, 0.5) is 58.7 Å². The number of anilines is 4. The summed E-state index contributed by atoms with van der Waals surface area (Å²) in [5, 5.41) is 0. The first-order valence-corrected chi connectivity index (χ1v) is 27.5. The lowest BCUT2D eigenvalue weighted by Crippen LogP contribution is -2.51. The number of unbranched alkanes of at least 4 members (excludes halogenated alkanes) is 10. The van der Waals surface area contributed by atoms with Crippen molar-refractivity contribution in [1.29, 1.82) is 0 Å². The van der Waals surface area contributed by atoms with Crippen molar-refractivity contribution in [3.8, 4) is 0 Å². The van der Waals surface area contributed by atoms with Gasteiger partial charge in [-0.2, -0.15) is 26.3 Å². The van der Waals surface area contributed by atoms with Gasteiger partial charge in [0.05, 0.1) is 58.9 Å². The first kappa shape index (κ1) is 61.2. The van der Waals surface area contributed by atoms with E-state index in [0.29, 0.717) is 35.3 Å². The van der Waals surface area contributed by atoms with Crippen LogP contribution in [0.15, 0.2) is 120 Å². The number of urea groups is 2. The molecule has 0 aromatic heterocycles. The van der Waals surface area contributed by atoms with Crippen LogP contribution in [0.5, 0.6) is 0 Å². The molecule has 0 saturated carbocycles. The summed E-state index contributed by atoms with van der Waals surface area (Å²) in [6.07, 6.45) is 1.30. The quantitative estimate of drug-likeness (QED) is 0.0257. The number of nitrogens with two attached hydrogens (primary N) is 2. The number of hydrogen-bond donors (Lipinski definition) is 2. The van der Waals surface area contributed by atoms with Crippen LogP contribution in [-0.4, -0.2) is 84.6 Å². The molecule has 0 unspecified atom stereocenters. The Hall–Kier alpha value is -7.02. The van der Waals surface area contributed by atoms with Gasteiger partial charge in [-0.1, -0.05) is 94.7 Å². The van der Waals surface area contributed by atoms with E-state index in [1.165, 1.54) is 34.1 Å². The summed E-state index contributed by atoms with van der Waals surface area (Å²) in [7, 11) is 0. The Morgan fingerprint density at radius 1 is 0.519 bits per heavy atom. The normalized spacial score (nSPS) is 16.4. The monoisotopic (exact) mass is 1100 g/mol. The molecule has 4 aromatic carbocycles. The Labute approximate surface area is 460 Å². The molecule has 2 aliphatic heterocycles. The number of carbonyl (C=O) groups is 4. The van der Waals surface area contributed by atoms with Crippen molar-refractivity contribution in [3.05, 3.63) is 142 Å². The standard InChI is InChI=1S/C60H75F6N7O6/c1-6-69(35-17-13-9-11-15-19-37-70-53(43-27-31-47(67)32-28-43)51(55(74)78-7-2)41(4)72(57(70)76)49-25-21-23-45(39-49)59(61,62)63)36-18-14-10-12-16-20-38-71-54(44-29-33-48(68)34-30-44)52(56(75)79-8-3)42(5)73(58(71)77)50-26-22-24-46(40-50)60(64,65)66/h21-34,39-40,53-54H,6-20,35-38,67-68H2,1-5H3/t53-,54-/m1/s1. The van der Waals surface area contributed by atoms with E-state index in [1.807, 2.05) is 0 Å². The summed E-state index contributed by atoms with van der Waals surface area (Å²) < 4.78 is 94.1. The number of nitrogens with zero attached hydrogens (tertiary/aromatic N) is 5. The molecule has 2 atom stereocenters. The van der Waals surface area contributed by atoms with Crippen LogP contribution in [-0.2, 0) is 31.4 Å². The maximum absolute atomic E-state index is 14.5. The zero-order valence-electron chi connectivity index (χ0n) is 45.9. The van der Waals surface area contributed by atoms with E-state index in [4.69, 9.17) is 20.9 Å². The largest absolute Gasteiger partial charge is 0.463 e. The average molecular weight is 1100 g/mol. The van der Waals surface area contributed by atoms with Gasteiger partial charge in [-0.15, -0.1) is 0 Å². The Balaban J connectivity index is 0.977. The highest BCUT2D eigenvalue weighted by Crippen LogP contribution is 2.44. The smallest absolute Gasteiger partial charge is 0.416 e. The summed E-state index contributed by atoms with van der Waals surface area (Å²) in [4.78, 5) is 64.2. The fourth-order valence-corrected chi connectivity index (χ4v) is 10.5. The van der Waals surface area contributed by atoms with Crippen LogP contribution in [0.25, 0.3) is 0 Å². The number of hydrogen-bond acceptors (Lipinski definition) is 9. The van der Waals surface area contributed by atoms with Crippen molar-refractivity contribution < 1.29 is 55.0 Å². The topological polar surface area (TPSA) is 155 Å². The lowest BCUT2D eigenvalue weighted by Gasteiger charge is -2.43. The molecule has 0 radical (unpaired) electrons. The van der Waals surface area contributed by atoms with Gasteiger partial charge >= 0.3 is 36.4 Å². The fourth-order valence-electron chi connectivity index (χ4n) is 10.5. The zero-order chi connectivity index (χ0) is 57.4. The summed E-state index contributed by atoms with van der Waals surface area (Å²) in [6, 6.07) is 19.9. The summed E-state index contributed by atoms with van der Waals surface area (Å²) in [6.45, 7) is 12.0. The van der Waals surface area contributed by atoms with Crippen molar-refractivity contribution in [2.24, 2.45) is 0 Å². The molecule has 2 heterocycles. The van der Waals surface area contributed by atoms with E-state index < -0.39 is 59.6 Å². The molecule has 0 bridgehead atoms. The van der Waals surface area contributed by atoms with Gasteiger partial charge in [-0.3, -0.25) is 9.80 Å². The van der Waals surface area contributed by atoms with Crippen LogP contribution in [0.1, 0.15) is 146 Å². The maximum atomic E-state index is 14.5.